The van der Waals surface area contributed by atoms with Gasteiger partial charge in [0.15, 0.2) is 8.32 Å². The molecule has 0 aromatic heterocycles. The van der Waals surface area contributed by atoms with Crippen molar-refractivity contribution in [3.05, 3.63) is 11.3 Å². The monoisotopic (exact) mass is 432 g/mol. The van der Waals surface area contributed by atoms with Gasteiger partial charge >= 0.3 is 0 Å². The predicted octanol–water partition coefficient (Wildman–Crippen LogP) is 9.20. The van der Waals surface area contributed by atoms with Gasteiger partial charge in [0.2, 0.25) is 8.32 Å². The van der Waals surface area contributed by atoms with Crippen LogP contribution in [0.3, 0.4) is 0 Å². The Bertz CT molecular complexity index is 523. The molecule has 1 unspecified atom stereocenters. The molecule has 0 aliphatic heterocycles. The first kappa shape index (κ1) is 22.3. The van der Waals surface area contributed by atoms with Crippen LogP contribution in [0.5, 0.6) is 0 Å². The van der Waals surface area contributed by atoms with Gasteiger partial charge in [-0.3, -0.25) is 0 Å². The molecule has 0 aromatic carbocycles. The molecule has 0 aromatic rings. The predicted molar refractivity (Wildman–Crippen MR) is 131 cm³/mol. The first-order valence-electron chi connectivity index (χ1n) is 13.5. The highest BCUT2D eigenvalue weighted by Gasteiger charge is 2.53. The van der Waals surface area contributed by atoms with Crippen LogP contribution in [0.2, 0.25) is 29.7 Å². The highest BCUT2D eigenvalue weighted by molar-refractivity contribution is 6.91. The first-order chi connectivity index (χ1) is 14.1. The second-order valence-electron chi connectivity index (χ2n) is 11.4. The second kappa shape index (κ2) is 10.2. The summed E-state index contributed by atoms with van der Waals surface area (Å²) < 4.78 is 7.99. The summed E-state index contributed by atoms with van der Waals surface area (Å²) in [6, 6.07) is 0. The molecule has 3 saturated carbocycles. The third-order valence-electron chi connectivity index (χ3n) is 9.58. The number of hydrogen-bond acceptors (Lipinski definition) is 1. The van der Waals surface area contributed by atoms with Crippen molar-refractivity contribution in [2.24, 2.45) is 0 Å². The van der Waals surface area contributed by atoms with E-state index in [0.717, 1.165) is 16.6 Å². The van der Waals surface area contributed by atoms with E-state index in [0.29, 0.717) is 0 Å². The largest absolute Gasteiger partial charge is 0.451 e. The Kier molecular flexibility index (Phi) is 7.83. The van der Waals surface area contributed by atoms with Gasteiger partial charge in [0.25, 0.3) is 0 Å². The minimum Gasteiger partial charge on any atom is -0.451 e. The molecule has 0 saturated heterocycles. The maximum Gasteiger partial charge on any atom is 0.207 e. The maximum absolute atomic E-state index is 7.99. The van der Waals surface area contributed by atoms with Gasteiger partial charge in [0, 0.05) is 0 Å². The van der Waals surface area contributed by atoms with Crippen LogP contribution < -0.4 is 0 Å². The molecule has 0 spiro atoms. The van der Waals surface area contributed by atoms with E-state index in [9.17, 15) is 0 Å². The van der Waals surface area contributed by atoms with Crippen LogP contribution in [-0.4, -0.2) is 16.6 Å². The number of rotatable bonds is 6. The lowest BCUT2D eigenvalue weighted by Crippen LogP contribution is -2.57. The van der Waals surface area contributed by atoms with Crippen LogP contribution in [0.4, 0.5) is 0 Å². The molecule has 0 N–H and O–H groups in total. The van der Waals surface area contributed by atoms with Crippen molar-refractivity contribution in [2.75, 3.05) is 0 Å². The van der Waals surface area contributed by atoms with Crippen LogP contribution in [0.1, 0.15) is 122 Å². The topological polar surface area (TPSA) is 9.23 Å². The average Bonchev–Trinajstić information content (AvgIpc) is 2.81. The summed E-state index contributed by atoms with van der Waals surface area (Å²) in [5.74, 6) is 0. The van der Waals surface area contributed by atoms with E-state index >= 15 is 0 Å². The Balaban J connectivity index is 1.65. The molecule has 1 atom stereocenters. The van der Waals surface area contributed by atoms with Crippen LogP contribution >= 0.6 is 0 Å². The summed E-state index contributed by atoms with van der Waals surface area (Å²) in [7, 11) is -3.56. The van der Waals surface area contributed by atoms with Crippen molar-refractivity contribution in [1.82, 2.24) is 0 Å². The van der Waals surface area contributed by atoms with E-state index in [4.69, 9.17) is 4.12 Å². The van der Waals surface area contributed by atoms with Gasteiger partial charge in [-0.05, 0) is 55.4 Å². The Morgan fingerprint density at radius 3 is 1.55 bits per heavy atom. The Hall–Kier alpha value is 0.134. The summed E-state index contributed by atoms with van der Waals surface area (Å²) in [6.07, 6.45) is 30.4. The summed E-state index contributed by atoms with van der Waals surface area (Å²) in [5, 5.41) is 1.86. The van der Waals surface area contributed by atoms with Gasteiger partial charge in [-0.15, -0.1) is 0 Å². The van der Waals surface area contributed by atoms with E-state index < -0.39 is 16.6 Å². The maximum atomic E-state index is 7.99. The van der Waals surface area contributed by atoms with Crippen LogP contribution in [-0.2, 0) is 4.12 Å². The Morgan fingerprint density at radius 1 is 0.621 bits per heavy atom. The molecule has 0 bridgehead atoms. The van der Waals surface area contributed by atoms with E-state index in [1.54, 1.807) is 0 Å². The van der Waals surface area contributed by atoms with E-state index in [1.165, 1.54) is 122 Å². The molecule has 0 amide bonds. The zero-order valence-electron chi connectivity index (χ0n) is 19.7. The zero-order valence-corrected chi connectivity index (χ0v) is 21.7. The van der Waals surface area contributed by atoms with Crippen LogP contribution in [0.25, 0.3) is 0 Å². The summed E-state index contributed by atoms with van der Waals surface area (Å²) in [5.41, 5.74) is 2.83. The molecule has 1 nitrogen and oxygen atoms in total. The lowest BCUT2D eigenvalue weighted by Gasteiger charge is -2.52. The minimum absolute atomic E-state index is 0.916. The fourth-order valence-corrected chi connectivity index (χ4v) is 20.9. The molecule has 0 radical (unpaired) electrons. The molecule has 0 heterocycles. The second-order valence-corrected chi connectivity index (χ2v) is 19.9. The van der Waals surface area contributed by atoms with Crippen molar-refractivity contribution in [3.63, 3.8) is 0 Å². The standard InChI is InChI=1S/C26H48OSi2/c1-28(23-15-7-3-8-16-23,24-17-9-4-10-18-24)27-29(2,25-19-11-5-12-20-25)26-21-13-6-14-22-26/h15,24-26H,3-14,16-22H2,1-2H3. The first-order valence-corrected chi connectivity index (χ1v) is 18.6. The Labute approximate surface area is 183 Å². The lowest BCUT2D eigenvalue weighted by atomic mass is 9.99. The third kappa shape index (κ3) is 4.98. The Morgan fingerprint density at radius 2 is 1.10 bits per heavy atom. The van der Waals surface area contributed by atoms with E-state index in [2.05, 4.69) is 19.2 Å². The van der Waals surface area contributed by atoms with Gasteiger partial charge in [-0.25, -0.2) is 0 Å². The zero-order chi connectivity index (χ0) is 20.2. The van der Waals surface area contributed by atoms with Crippen molar-refractivity contribution in [2.45, 2.75) is 152 Å². The average molecular weight is 433 g/mol. The quantitative estimate of drug-likeness (QED) is 0.380. The molecular formula is C26H48OSi2. The molecule has 29 heavy (non-hydrogen) atoms. The molecular weight excluding hydrogens is 384 g/mol. The smallest absolute Gasteiger partial charge is 0.207 e. The molecule has 4 rings (SSSR count). The van der Waals surface area contributed by atoms with Gasteiger partial charge < -0.3 is 4.12 Å². The molecule has 3 fully saturated rings. The number of hydrogen-bond donors (Lipinski definition) is 0. The van der Waals surface area contributed by atoms with Crippen molar-refractivity contribution < 1.29 is 4.12 Å². The van der Waals surface area contributed by atoms with Crippen molar-refractivity contribution in [3.8, 4) is 0 Å². The summed E-state index contributed by atoms with van der Waals surface area (Å²) in [6.45, 7) is 5.48. The summed E-state index contributed by atoms with van der Waals surface area (Å²) in [4.78, 5) is 0. The molecule has 4 aliphatic rings. The van der Waals surface area contributed by atoms with Gasteiger partial charge in [0.1, 0.15) is 0 Å². The van der Waals surface area contributed by atoms with Crippen LogP contribution in [0.15, 0.2) is 11.3 Å². The number of allylic oxidation sites excluding steroid dienone is 2. The summed E-state index contributed by atoms with van der Waals surface area (Å²) >= 11 is 0. The highest BCUT2D eigenvalue weighted by Crippen LogP contribution is 2.53. The van der Waals surface area contributed by atoms with Gasteiger partial charge in [-0.2, -0.15) is 0 Å². The lowest BCUT2D eigenvalue weighted by molar-refractivity contribution is 0.367. The van der Waals surface area contributed by atoms with E-state index in [-0.39, 0.29) is 0 Å². The van der Waals surface area contributed by atoms with Crippen molar-refractivity contribution >= 4 is 16.6 Å². The normalized spacial score (nSPS) is 28.7. The fourth-order valence-electron chi connectivity index (χ4n) is 7.66. The molecule has 4 aliphatic carbocycles. The van der Waals surface area contributed by atoms with Crippen molar-refractivity contribution in [1.29, 1.82) is 0 Å². The van der Waals surface area contributed by atoms with E-state index in [1.807, 2.05) is 5.20 Å². The molecule has 166 valence electrons. The van der Waals surface area contributed by atoms with Crippen LogP contribution in [0, 0.1) is 0 Å². The third-order valence-corrected chi connectivity index (χ3v) is 21.3. The highest BCUT2D eigenvalue weighted by atomic mass is 28.4. The fraction of sp³-hybridized carbons (Fsp3) is 0.923. The minimum atomic E-state index is -1.83. The SMILES string of the molecule is C[Si](O[Si](C)(C1CCCCC1)C1CCCCC1)(C1=CCCCC1)C1CCCCC1. The molecule has 3 heteroatoms. The van der Waals surface area contributed by atoms with Gasteiger partial charge in [-0.1, -0.05) is 108 Å². The van der Waals surface area contributed by atoms with Gasteiger partial charge in [0.05, 0.1) is 0 Å².